The van der Waals surface area contributed by atoms with Crippen LogP contribution in [-0.4, -0.2) is 30.1 Å². The highest BCUT2D eigenvalue weighted by atomic mass is 16.5. The molecule has 0 aliphatic carbocycles. The van der Waals surface area contributed by atoms with E-state index in [9.17, 15) is 9.59 Å². The number of carbonyl (C=O) groups excluding carboxylic acids is 2. The summed E-state index contributed by atoms with van der Waals surface area (Å²) in [6.07, 6.45) is 14.2. The number of esters is 2. The van der Waals surface area contributed by atoms with E-state index in [-0.39, 0.29) is 5.97 Å². The van der Waals surface area contributed by atoms with E-state index in [4.69, 9.17) is 14.2 Å². The molecular weight excluding hydrogens is 526 g/mol. The number of hydrogen-bond acceptors (Lipinski definition) is 6. The fourth-order valence-electron chi connectivity index (χ4n) is 4.41. The maximum atomic E-state index is 12.6. The molecule has 6 heteroatoms. The van der Waals surface area contributed by atoms with Crippen LogP contribution < -0.4 is 9.47 Å². The second kappa shape index (κ2) is 18.5. The summed E-state index contributed by atoms with van der Waals surface area (Å²) in [6, 6.07) is 18.7. The van der Waals surface area contributed by atoms with E-state index in [2.05, 4.69) is 24.6 Å². The zero-order chi connectivity index (χ0) is 30.0. The maximum absolute atomic E-state index is 12.6. The van der Waals surface area contributed by atoms with E-state index in [1.165, 1.54) is 37.7 Å². The summed E-state index contributed by atoms with van der Waals surface area (Å²) in [6.45, 7) is 8.56. The summed E-state index contributed by atoms with van der Waals surface area (Å²) < 4.78 is 16.5. The van der Waals surface area contributed by atoms with Gasteiger partial charge in [0.25, 0.3) is 0 Å². The highest BCUT2D eigenvalue weighted by Crippen LogP contribution is 2.22. The van der Waals surface area contributed by atoms with Crippen molar-refractivity contribution >= 4 is 11.9 Å². The average Bonchev–Trinajstić information content (AvgIpc) is 3.01. The van der Waals surface area contributed by atoms with Gasteiger partial charge in [-0.1, -0.05) is 64.5 Å². The Hall–Kier alpha value is -3.93. The van der Waals surface area contributed by atoms with E-state index in [1.807, 2.05) is 36.5 Å². The van der Waals surface area contributed by atoms with Crippen LogP contribution in [0.25, 0.3) is 11.3 Å². The summed E-state index contributed by atoms with van der Waals surface area (Å²) in [5, 5.41) is 0. The van der Waals surface area contributed by atoms with Crippen molar-refractivity contribution in [3.05, 3.63) is 90.1 Å². The molecule has 0 N–H and O–H groups in total. The molecule has 0 fully saturated rings. The Morgan fingerprint density at radius 3 is 1.95 bits per heavy atom. The molecule has 42 heavy (non-hydrogen) atoms. The smallest absolute Gasteiger partial charge is 0.343 e. The molecule has 0 aliphatic rings. The van der Waals surface area contributed by atoms with Gasteiger partial charge in [0.1, 0.15) is 11.5 Å². The number of nitrogens with zero attached hydrogens (tertiary/aromatic N) is 1. The van der Waals surface area contributed by atoms with Crippen molar-refractivity contribution in [2.75, 3.05) is 13.2 Å². The fourth-order valence-corrected chi connectivity index (χ4v) is 4.41. The van der Waals surface area contributed by atoms with Crippen molar-refractivity contribution in [3.8, 4) is 22.8 Å². The Labute approximate surface area is 251 Å². The van der Waals surface area contributed by atoms with Crippen molar-refractivity contribution in [2.24, 2.45) is 0 Å². The van der Waals surface area contributed by atoms with Crippen LogP contribution in [-0.2, 0) is 16.0 Å². The Kier molecular flexibility index (Phi) is 14.3. The zero-order valence-corrected chi connectivity index (χ0v) is 25.2. The number of unbranched alkanes of at least 4 members (excludes halogenated alkanes) is 8. The number of ether oxygens (including phenoxy) is 3. The number of benzene rings is 2. The number of pyridine rings is 1. The molecule has 224 valence electrons. The van der Waals surface area contributed by atoms with Crippen LogP contribution in [0.1, 0.15) is 94.0 Å². The third kappa shape index (κ3) is 11.9. The molecule has 0 unspecified atom stereocenters. The Bertz CT molecular complexity index is 1230. The molecule has 3 rings (SSSR count). The predicted octanol–water partition coefficient (Wildman–Crippen LogP) is 8.93. The van der Waals surface area contributed by atoms with Gasteiger partial charge < -0.3 is 14.2 Å². The lowest BCUT2D eigenvalue weighted by Crippen LogP contribution is -2.08. The maximum Gasteiger partial charge on any atom is 0.343 e. The van der Waals surface area contributed by atoms with Crippen molar-refractivity contribution < 1.29 is 23.8 Å². The number of aromatic nitrogens is 1. The molecule has 0 radical (unpaired) electrons. The average molecular weight is 572 g/mol. The van der Waals surface area contributed by atoms with Gasteiger partial charge in [-0.05, 0) is 92.8 Å². The first-order valence-electron chi connectivity index (χ1n) is 15.3. The van der Waals surface area contributed by atoms with Crippen LogP contribution >= 0.6 is 0 Å². The van der Waals surface area contributed by atoms with Crippen molar-refractivity contribution in [1.29, 1.82) is 0 Å². The van der Waals surface area contributed by atoms with Gasteiger partial charge in [-0.25, -0.2) is 9.59 Å². The summed E-state index contributed by atoms with van der Waals surface area (Å²) in [5.41, 5.74) is 4.06. The molecule has 0 atom stereocenters. The van der Waals surface area contributed by atoms with Crippen LogP contribution in [0.2, 0.25) is 0 Å². The first-order chi connectivity index (χ1) is 20.5. The molecule has 2 aromatic carbocycles. The Morgan fingerprint density at radius 1 is 0.738 bits per heavy atom. The number of rotatable bonds is 19. The molecule has 0 bridgehead atoms. The van der Waals surface area contributed by atoms with Gasteiger partial charge in [0.15, 0.2) is 0 Å². The molecule has 3 aromatic rings. The lowest BCUT2D eigenvalue weighted by atomic mass is 10.1. The van der Waals surface area contributed by atoms with E-state index < -0.39 is 5.97 Å². The summed E-state index contributed by atoms with van der Waals surface area (Å²) in [5.74, 6) is 0.538. The van der Waals surface area contributed by atoms with E-state index >= 15 is 0 Å². The Balaban J connectivity index is 1.27. The van der Waals surface area contributed by atoms with Gasteiger partial charge in [-0.3, -0.25) is 4.98 Å². The second-order valence-electron chi connectivity index (χ2n) is 10.7. The van der Waals surface area contributed by atoms with Crippen LogP contribution in [0.3, 0.4) is 0 Å². The van der Waals surface area contributed by atoms with Gasteiger partial charge in [0.05, 0.1) is 24.5 Å². The molecule has 0 aliphatic heterocycles. The van der Waals surface area contributed by atoms with Crippen LogP contribution in [0, 0.1) is 0 Å². The minimum atomic E-state index is -0.402. The van der Waals surface area contributed by atoms with Crippen LogP contribution in [0.4, 0.5) is 0 Å². The predicted molar refractivity (Wildman–Crippen MR) is 168 cm³/mol. The summed E-state index contributed by atoms with van der Waals surface area (Å²) in [4.78, 5) is 28.5. The van der Waals surface area contributed by atoms with E-state index in [0.29, 0.717) is 30.1 Å². The lowest BCUT2D eigenvalue weighted by Gasteiger charge is -2.08. The molecule has 0 saturated heterocycles. The van der Waals surface area contributed by atoms with Crippen molar-refractivity contribution in [2.45, 2.75) is 84.5 Å². The number of aryl methyl sites for hydroxylation is 1. The van der Waals surface area contributed by atoms with Gasteiger partial charge in [0, 0.05) is 17.3 Å². The minimum absolute atomic E-state index is 0.300. The monoisotopic (exact) mass is 571 g/mol. The summed E-state index contributed by atoms with van der Waals surface area (Å²) in [7, 11) is 0. The van der Waals surface area contributed by atoms with Gasteiger partial charge in [-0.15, -0.1) is 0 Å². The van der Waals surface area contributed by atoms with Crippen molar-refractivity contribution in [1.82, 2.24) is 4.98 Å². The van der Waals surface area contributed by atoms with Crippen LogP contribution in [0.15, 0.2) is 79.0 Å². The quantitative estimate of drug-likeness (QED) is 0.0619. The zero-order valence-electron chi connectivity index (χ0n) is 25.2. The fraction of sp³-hybridized carbons (Fsp3) is 0.417. The number of hydrogen-bond donors (Lipinski definition) is 0. The van der Waals surface area contributed by atoms with Gasteiger partial charge in [0.2, 0.25) is 0 Å². The molecule has 1 heterocycles. The lowest BCUT2D eigenvalue weighted by molar-refractivity contribution is -0.139. The van der Waals surface area contributed by atoms with Crippen molar-refractivity contribution in [3.63, 3.8) is 0 Å². The normalized spacial score (nSPS) is 10.7. The number of carbonyl (C=O) groups is 2. The topological polar surface area (TPSA) is 74.7 Å². The molecule has 0 saturated carbocycles. The summed E-state index contributed by atoms with van der Waals surface area (Å²) >= 11 is 0. The first kappa shape index (κ1) is 32.6. The van der Waals surface area contributed by atoms with Gasteiger partial charge in [-0.2, -0.15) is 0 Å². The van der Waals surface area contributed by atoms with E-state index in [1.54, 1.807) is 31.2 Å². The molecule has 1 aromatic heterocycles. The first-order valence-corrected chi connectivity index (χ1v) is 15.3. The van der Waals surface area contributed by atoms with Crippen LogP contribution in [0.5, 0.6) is 11.5 Å². The standard InChI is InChI=1S/C36H45NO5/c1-4-5-14-29-15-24-34(37-27-29)30-16-22-33(23-17-30)42-36(39)31-18-20-32(21-19-31)40-25-12-10-8-6-7-9-11-13-26-41-35(38)28(2)3/h15-24,27H,2,4-14,25-26H2,1,3H3. The second-order valence-corrected chi connectivity index (χ2v) is 10.7. The highest BCUT2D eigenvalue weighted by molar-refractivity contribution is 5.91. The van der Waals surface area contributed by atoms with Gasteiger partial charge >= 0.3 is 11.9 Å². The molecular formula is C36H45NO5. The largest absolute Gasteiger partial charge is 0.494 e. The SMILES string of the molecule is C=C(C)C(=O)OCCCCCCCCCCOc1ccc(C(=O)Oc2ccc(-c3ccc(CCCC)cn3)cc2)cc1. The van der Waals surface area contributed by atoms with E-state index in [0.717, 1.165) is 55.5 Å². The highest BCUT2D eigenvalue weighted by Gasteiger charge is 2.10. The molecule has 0 spiro atoms. The molecule has 6 nitrogen and oxygen atoms in total. The molecule has 0 amide bonds. The third-order valence-electron chi connectivity index (χ3n) is 6.98. The third-order valence-corrected chi connectivity index (χ3v) is 6.98. The minimum Gasteiger partial charge on any atom is -0.494 e. The Morgan fingerprint density at radius 2 is 1.36 bits per heavy atom.